The van der Waals surface area contributed by atoms with E-state index >= 15 is 0 Å². The summed E-state index contributed by atoms with van der Waals surface area (Å²) in [5, 5.41) is 0. The molecule has 0 aromatic carbocycles. The summed E-state index contributed by atoms with van der Waals surface area (Å²) in [5.74, 6) is -0.913. The third-order valence-corrected chi connectivity index (χ3v) is 14.7. The summed E-state index contributed by atoms with van der Waals surface area (Å²) in [6.07, 6.45) is 96.5. The minimum absolute atomic E-state index is 0.0906. The fraction of sp³-hybridized carbons (Fsp3) is 0.697. The summed E-state index contributed by atoms with van der Waals surface area (Å²) in [5.41, 5.74) is 0. The summed E-state index contributed by atoms with van der Waals surface area (Å²) < 4.78 is 16.9. The van der Waals surface area contributed by atoms with Crippen molar-refractivity contribution in [2.45, 2.75) is 329 Å². The highest BCUT2D eigenvalue weighted by Crippen LogP contribution is 2.16. The van der Waals surface area contributed by atoms with E-state index in [9.17, 15) is 14.4 Å². The van der Waals surface area contributed by atoms with Crippen LogP contribution in [0.1, 0.15) is 323 Å². The van der Waals surface area contributed by atoms with Gasteiger partial charge in [-0.25, -0.2) is 0 Å². The molecule has 0 fully saturated rings. The monoisotopic (exact) mass is 1140 g/mol. The van der Waals surface area contributed by atoms with Gasteiger partial charge in [0, 0.05) is 19.3 Å². The van der Waals surface area contributed by atoms with Gasteiger partial charge in [-0.3, -0.25) is 14.4 Å². The Morgan fingerprint density at radius 2 is 0.476 bits per heavy atom. The molecule has 6 nitrogen and oxygen atoms in total. The summed E-state index contributed by atoms with van der Waals surface area (Å²) >= 11 is 0. The van der Waals surface area contributed by atoms with Crippen LogP contribution in [0.4, 0.5) is 0 Å². The lowest BCUT2D eigenvalue weighted by Gasteiger charge is -2.18. The lowest BCUT2D eigenvalue weighted by Crippen LogP contribution is -2.30. The number of esters is 3. The molecule has 0 saturated heterocycles. The number of carbonyl (C=O) groups excluding carboxylic acids is 3. The van der Waals surface area contributed by atoms with Gasteiger partial charge in [0.25, 0.3) is 0 Å². The van der Waals surface area contributed by atoms with Crippen LogP contribution >= 0.6 is 0 Å². The predicted octanol–water partition coefficient (Wildman–Crippen LogP) is 23.9. The Bertz CT molecular complexity index is 1690. The number of carbonyl (C=O) groups is 3. The molecule has 0 bridgehead atoms. The highest BCUT2D eigenvalue weighted by molar-refractivity contribution is 5.71. The van der Waals surface area contributed by atoms with Crippen molar-refractivity contribution in [3.63, 3.8) is 0 Å². The van der Waals surface area contributed by atoms with Gasteiger partial charge in [0.1, 0.15) is 13.2 Å². The van der Waals surface area contributed by atoms with Crippen LogP contribution in [0, 0.1) is 0 Å². The van der Waals surface area contributed by atoms with Crippen LogP contribution in [0.3, 0.4) is 0 Å². The predicted molar refractivity (Wildman–Crippen MR) is 357 cm³/mol. The second-order valence-electron chi connectivity index (χ2n) is 22.7. The second-order valence-corrected chi connectivity index (χ2v) is 22.7. The van der Waals surface area contributed by atoms with Crippen molar-refractivity contribution in [3.05, 3.63) is 122 Å². The van der Waals surface area contributed by atoms with Gasteiger partial charge in [-0.05, 0) is 128 Å². The largest absolute Gasteiger partial charge is 0.462 e. The van der Waals surface area contributed by atoms with E-state index in [1.54, 1.807) is 0 Å². The average molecular weight is 1140 g/mol. The SMILES string of the molecule is CC/C=C\C/C=C\C/C=C\C/C=C\C/C=C\CCCCCCCCCCCCCCCCCC(=O)OCC(COC(=O)CCCCCCC/C=C\CCCCCCCCC)OC(=O)CCCCCC/C=C\C/C=C\C/C=C\C/C=C\CC. The Kier molecular flexibility index (Phi) is 65.8. The molecule has 0 rings (SSSR count). The molecule has 0 aliphatic carbocycles. The molecule has 0 amide bonds. The van der Waals surface area contributed by atoms with Crippen LogP contribution in [-0.2, 0) is 28.6 Å². The van der Waals surface area contributed by atoms with E-state index in [1.165, 1.54) is 148 Å². The van der Waals surface area contributed by atoms with Crippen LogP contribution in [-0.4, -0.2) is 37.2 Å². The highest BCUT2D eigenvalue weighted by Gasteiger charge is 2.19. The molecule has 468 valence electrons. The van der Waals surface area contributed by atoms with Crippen LogP contribution < -0.4 is 0 Å². The van der Waals surface area contributed by atoms with Crippen molar-refractivity contribution in [1.82, 2.24) is 0 Å². The van der Waals surface area contributed by atoms with Crippen molar-refractivity contribution in [2.24, 2.45) is 0 Å². The Hall–Kier alpha value is -4.19. The molecule has 1 atom stereocenters. The summed E-state index contributed by atoms with van der Waals surface area (Å²) in [7, 11) is 0. The molecule has 0 radical (unpaired) electrons. The van der Waals surface area contributed by atoms with E-state index in [0.29, 0.717) is 19.3 Å². The van der Waals surface area contributed by atoms with Gasteiger partial charge < -0.3 is 14.2 Å². The van der Waals surface area contributed by atoms with Gasteiger partial charge in [0.15, 0.2) is 6.10 Å². The molecular formula is C76H128O6. The summed E-state index contributed by atoms with van der Waals surface area (Å²) in [4.78, 5) is 38.4. The number of unbranched alkanes of at least 4 members (excludes halogenated alkanes) is 31. The van der Waals surface area contributed by atoms with Crippen molar-refractivity contribution in [2.75, 3.05) is 13.2 Å². The van der Waals surface area contributed by atoms with Crippen molar-refractivity contribution < 1.29 is 28.6 Å². The standard InChI is InChI=1S/C76H128O6/c1-4-7-10-13-16-19-22-25-28-31-32-33-34-35-36-37-38-39-40-41-42-43-44-46-48-51-54-57-60-63-66-69-75(78)81-72-73(71-80-74(77)68-65-62-59-56-53-50-47-30-27-24-21-18-15-12-9-6-3)82-76(79)70-67-64-61-58-55-52-49-45-29-26-23-20-17-14-11-8-5-2/h7-8,10-11,16-17,19-20,25-26,28-30,32-33,35-36,47,49,52,73H,4-6,9,12-15,18,21-24,27,31,34,37-46,48,50-51,53-72H2,1-3H3/b10-7-,11-8-,19-16-,20-17-,28-25-,29-26-,33-32-,36-35-,47-30-,52-49-. The summed E-state index contributed by atoms with van der Waals surface area (Å²) in [6, 6.07) is 0. The zero-order valence-electron chi connectivity index (χ0n) is 53.7. The molecule has 6 heteroatoms. The van der Waals surface area contributed by atoms with Crippen molar-refractivity contribution in [3.8, 4) is 0 Å². The lowest BCUT2D eigenvalue weighted by molar-refractivity contribution is -0.167. The number of hydrogen-bond acceptors (Lipinski definition) is 6. The molecule has 1 unspecified atom stereocenters. The zero-order valence-corrected chi connectivity index (χ0v) is 53.7. The fourth-order valence-electron chi connectivity index (χ4n) is 9.57. The van der Waals surface area contributed by atoms with E-state index < -0.39 is 6.10 Å². The molecule has 82 heavy (non-hydrogen) atoms. The molecule has 0 aliphatic rings. The van der Waals surface area contributed by atoms with Gasteiger partial charge in [0.05, 0.1) is 0 Å². The molecular weight excluding hydrogens is 1010 g/mol. The fourth-order valence-corrected chi connectivity index (χ4v) is 9.57. The zero-order chi connectivity index (χ0) is 59.2. The minimum atomic E-state index is -0.798. The molecule has 0 N–H and O–H groups in total. The molecule has 0 aromatic rings. The van der Waals surface area contributed by atoms with E-state index in [1.807, 2.05) is 0 Å². The maximum Gasteiger partial charge on any atom is 0.306 e. The van der Waals surface area contributed by atoms with Crippen LogP contribution in [0.2, 0.25) is 0 Å². The summed E-state index contributed by atoms with van der Waals surface area (Å²) in [6.45, 7) is 6.41. The first kappa shape index (κ1) is 77.8. The Morgan fingerprint density at radius 1 is 0.256 bits per heavy atom. The minimum Gasteiger partial charge on any atom is -0.462 e. The van der Waals surface area contributed by atoms with Crippen LogP contribution in [0.15, 0.2) is 122 Å². The van der Waals surface area contributed by atoms with Gasteiger partial charge in [0.2, 0.25) is 0 Å². The number of rotatable bonds is 62. The maximum absolute atomic E-state index is 12.9. The third kappa shape index (κ3) is 66.6. The first-order valence-electron chi connectivity index (χ1n) is 34.5. The first-order chi connectivity index (χ1) is 40.5. The van der Waals surface area contributed by atoms with E-state index in [0.717, 1.165) is 135 Å². The molecule has 0 heterocycles. The van der Waals surface area contributed by atoms with Gasteiger partial charge in [-0.1, -0.05) is 296 Å². The quantitative estimate of drug-likeness (QED) is 0.0261. The van der Waals surface area contributed by atoms with E-state index in [-0.39, 0.29) is 31.1 Å². The van der Waals surface area contributed by atoms with E-state index in [4.69, 9.17) is 14.2 Å². The Labute approximate surface area is 507 Å². The number of hydrogen-bond donors (Lipinski definition) is 0. The molecule has 0 aliphatic heterocycles. The highest BCUT2D eigenvalue weighted by atomic mass is 16.6. The molecule has 0 spiro atoms. The molecule has 0 saturated carbocycles. The Balaban J connectivity index is 4.29. The average Bonchev–Trinajstić information content (AvgIpc) is 3.48. The van der Waals surface area contributed by atoms with Crippen LogP contribution in [0.25, 0.3) is 0 Å². The van der Waals surface area contributed by atoms with Gasteiger partial charge in [-0.15, -0.1) is 0 Å². The van der Waals surface area contributed by atoms with Crippen LogP contribution in [0.5, 0.6) is 0 Å². The third-order valence-electron chi connectivity index (χ3n) is 14.7. The second kappa shape index (κ2) is 69.3. The lowest BCUT2D eigenvalue weighted by atomic mass is 10.0. The molecule has 0 aromatic heterocycles. The number of allylic oxidation sites excluding steroid dienone is 20. The van der Waals surface area contributed by atoms with E-state index in [2.05, 4.69) is 142 Å². The van der Waals surface area contributed by atoms with Gasteiger partial charge in [-0.2, -0.15) is 0 Å². The smallest absolute Gasteiger partial charge is 0.306 e. The van der Waals surface area contributed by atoms with Crippen molar-refractivity contribution in [1.29, 1.82) is 0 Å². The maximum atomic E-state index is 12.9. The topological polar surface area (TPSA) is 78.9 Å². The Morgan fingerprint density at radius 3 is 0.756 bits per heavy atom. The van der Waals surface area contributed by atoms with Gasteiger partial charge >= 0.3 is 17.9 Å². The van der Waals surface area contributed by atoms with Crippen molar-refractivity contribution >= 4 is 17.9 Å². The number of ether oxygens (including phenoxy) is 3. The first-order valence-corrected chi connectivity index (χ1v) is 34.5. The normalized spacial score (nSPS) is 12.9.